The average Bonchev–Trinajstić information content (AvgIpc) is 3.19. The number of esters is 1. The van der Waals surface area contributed by atoms with Crippen LogP contribution >= 0.6 is 11.3 Å². The number of aromatic nitrogens is 1. The third-order valence-electron chi connectivity index (χ3n) is 4.69. The molecule has 1 N–H and O–H groups in total. The number of thiazole rings is 1. The van der Waals surface area contributed by atoms with Gasteiger partial charge in [0.2, 0.25) is 0 Å². The van der Waals surface area contributed by atoms with E-state index >= 15 is 0 Å². The summed E-state index contributed by atoms with van der Waals surface area (Å²) in [6.45, 7) is 3.19. The number of halogens is 2. The second kappa shape index (κ2) is 9.71. The maximum Gasteiger partial charge on any atom is 0.338 e. The number of amidine groups is 1. The Labute approximate surface area is 177 Å². The molecule has 0 radical (unpaired) electrons. The first-order chi connectivity index (χ1) is 14.3. The quantitative estimate of drug-likeness (QED) is 0.483. The molecule has 0 saturated carbocycles. The number of nitrogens with zero attached hydrogens (tertiary/aromatic N) is 3. The first kappa shape index (κ1) is 22.4. The lowest BCUT2D eigenvalue weighted by Gasteiger charge is -2.38. The van der Waals surface area contributed by atoms with Gasteiger partial charge in [-0.2, -0.15) is 0 Å². The molecule has 2 aliphatic heterocycles. The normalized spacial score (nSPS) is 24.2. The van der Waals surface area contributed by atoms with E-state index in [1.807, 2.05) is 0 Å². The first-order valence-corrected chi connectivity index (χ1v) is 10.5. The Balaban J connectivity index is 1.85. The number of aliphatic imine (C=N–C) groups is 1. The Hall–Kier alpha value is -2.24. The predicted molar refractivity (Wildman–Crippen MR) is 107 cm³/mol. The van der Waals surface area contributed by atoms with Crippen molar-refractivity contribution in [1.29, 1.82) is 0 Å². The third kappa shape index (κ3) is 5.46. The van der Waals surface area contributed by atoms with Crippen molar-refractivity contribution in [2.75, 3.05) is 32.8 Å². The molecule has 30 heavy (non-hydrogen) atoms. The predicted octanol–water partition coefficient (Wildman–Crippen LogP) is 1.62. The highest BCUT2D eigenvalue weighted by Crippen LogP contribution is 2.30. The van der Waals surface area contributed by atoms with Gasteiger partial charge in [0.05, 0.1) is 30.9 Å². The summed E-state index contributed by atoms with van der Waals surface area (Å²) < 4.78 is 39.0. The van der Waals surface area contributed by atoms with E-state index in [2.05, 4.69) is 15.3 Å². The number of hydrogen-bond donors (Lipinski definition) is 1. The van der Waals surface area contributed by atoms with Crippen LogP contribution in [0.3, 0.4) is 0 Å². The lowest BCUT2D eigenvalue weighted by molar-refractivity contribution is -0.139. The molecule has 3 heterocycles. The minimum absolute atomic E-state index is 0.0550. The Morgan fingerprint density at radius 3 is 2.97 bits per heavy atom. The van der Waals surface area contributed by atoms with Gasteiger partial charge < -0.3 is 19.6 Å². The summed E-state index contributed by atoms with van der Waals surface area (Å²) in [5, 5.41) is 5.54. The van der Waals surface area contributed by atoms with E-state index in [-0.39, 0.29) is 26.3 Å². The summed E-state index contributed by atoms with van der Waals surface area (Å²) in [4.78, 5) is 33.4. The molecule has 164 valence electrons. The van der Waals surface area contributed by atoms with Crippen LogP contribution in [0.2, 0.25) is 0 Å². The van der Waals surface area contributed by atoms with E-state index in [0.717, 1.165) is 0 Å². The summed E-state index contributed by atoms with van der Waals surface area (Å²) in [6.07, 6.45) is 0.953. The Morgan fingerprint density at radius 1 is 1.50 bits per heavy atom. The minimum atomic E-state index is -2.97. The number of likely N-dealkylation sites (tertiary alicyclic amines) is 1. The molecule has 3 rings (SSSR count). The Morgan fingerprint density at radius 2 is 2.30 bits per heavy atom. The van der Waals surface area contributed by atoms with Crippen molar-refractivity contribution in [2.24, 2.45) is 4.99 Å². The highest BCUT2D eigenvalue weighted by atomic mass is 32.1. The number of aldehydes is 1. The molecule has 2 unspecified atom stereocenters. The van der Waals surface area contributed by atoms with Crippen LogP contribution in [0, 0.1) is 0 Å². The molecule has 2 atom stereocenters. The maximum atomic E-state index is 14.3. The molecule has 1 fully saturated rings. The van der Waals surface area contributed by atoms with Crippen molar-refractivity contribution >= 4 is 29.4 Å². The highest BCUT2D eigenvalue weighted by molar-refractivity contribution is 7.11. The highest BCUT2D eigenvalue weighted by Gasteiger charge is 2.42. The van der Waals surface area contributed by atoms with E-state index in [0.29, 0.717) is 28.4 Å². The van der Waals surface area contributed by atoms with Gasteiger partial charge in [0.25, 0.3) is 5.92 Å². The second-order valence-electron chi connectivity index (χ2n) is 7.08. The number of piperidine rings is 1. The van der Waals surface area contributed by atoms with Crippen LogP contribution in [0.15, 0.2) is 27.8 Å². The van der Waals surface area contributed by atoms with Crippen molar-refractivity contribution in [3.05, 3.63) is 27.9 Å². The number of carbonyl (C=O) groups is 2. The summed E-state index contributed by atoms with van der Waals surface area (Å²) in [6, 6.07) is -0.522. The van der Waals surface area contributed by atoms with Crippen LogP contribution < -0.4 is 5.32 Å². The number of alkyl halides is 2. The molecule has 0 bridgehead atoms. The number of carbonyl (C=O) groups excluding carboxylic acids is 2. The van der Waals surface area contributed by atoms with Gasteiger partial charge in [-0.05, 0) is 13.8 Å². The Bertz CT molecular complexity index is 829. The molecule has 2 aliphatic rings. The SMILES string of the molecule is CCOC(=O)C1=C(CN2CC(OCC=O)CC(F)(F)C2)NC(c2nccs2)=NC1C. The van der Waals surface area contributed by atoms with Gasteiger partial charge in [0.1, 0.15) is 12.9 Å². The van der Waals surface area contributed by atoms with Gasteiger partial charge in [-0.15, -0.1) is 11.3 Å². The maximum absolute atomic E-state index is 14.3. The van der Waals surface area contributed by atoms with Crippen LogP contribution in [-0.2, 0) is 19.1 Å². The number of rotatable bonds is 8. The zero-order chi connectivity index (χ0) is 21.7. The van der Waals surface area contributed by atoms with Gasteiger partial charge in [0, 0.05) is 36.8 Å². The van der Waals surface area contributed by atoms with Gasteiger partial charge >= 0.3 is 5.97 Å². The van der Waals surface area contributed by atoms with Crippen molar-refractivity contribution < 1.29 is 27.8 Å². The first-order valence-electron chi connectivity index (χ1n) is 9.63. The van der Waals surface area contributed by atoms with Crippen molar-refractivity contribution in [1.82, 2.24) is 15.2 Å². The van der Waals surface area contributed by atoms with Crippen LogP contribution in [0.4, 0.5) is 8.78 Å². The lowest BCUT2D eigenvalue weighted by Crippen LogP contribution is -2.52. The fraction of sp³-hybridized carbons (Fsp3) is 0.579. The number of hydrogen-bond acceptors (Lipinski definition) is 9. The molecule has 0 aliphatic carbocycles. The molecule has 1 aromatic heterocycles. The molecule has 8 nitrogen and oxygen atoms in total. The van der Waals surface area contributed by atoms with E-state index < -0.39 is 37.0 Å². The van der Waals surface area contributed by atoms with Crippen LogP contribution in [0.25, 0.3) is 0 Å². The molecule has 0 aromatic carbocycles. The van der Waals surface area contributed by atoms with E-state index in [9.17, 15) is 18.4 Å². The number of ether oxygens (including phenoxy) is 2. The standard InChI is InChI=1S/C19H24F2N4O4S/c1-3-28-18(27)15-12(2)23-16(17-22-4-7-30-17)24-14(15)10-25-9-13(29-6-5-26)8-19(20,21)11-25/h4-5,7,12-13H,3,6,8-11H2,1-2H3,(H,23,24). The molecular weight excluding hydrogens is 418 g/mol. The minimum Gasteiger partial charge on any atom is -0.463 e. The molecule has 1 aromatic rings. The summed E-state index contributed by atoms with van der Waals surface area (Å²) >= 11 is 1.38. The van der Waals surface area contributed by atoms with Gasteiger partial charge in [-0.1, -0.05) is 0 Å². The van der Waals surface area contributed by atoms with Crippen LogP contribution in [0.1, 0.15) is 25.3 Å². The van der Waals surface area contributed by atoms with Crippen molar-refractivity contribution in [3.63, 3.8) is 0 Å². The Kier molecular flexibility index (Phi) is 7.27. The molecular formula is C19H24F2N4O4S. The molecule has 1 saturated heterocycles. The summed E-state index contributed by atoms with van der Waals surface area (Å²) in [7, 11) is 0. The second-order valence-corrected chi connectivity index (χ2v) is 7.97. The van der Waals surface area contributed by atoms with Crippen molar-refractivity contribution in [3.8, 4) is 0 Å². The monoisotopic (exact) mass is 442 g/mol. The van der Waals surface area contributed by atoms with Crippen LogP contribution in [0.5, 0.6) is 0 Å². The third-order valence-corrected chi connectivity index (χ3v) is 5.47. The smallest absolute Gasteiger partial charge is 0.338 e. The fourth-order valence-corrected chi connectivity index (χ4v) is 4.19. The van der Waals surface area contributed by atoms with Gasteiger partial charge in [-0.3, -0.25) is 9.89 Å². The zero-order valence-electron chi connectivity index (χ0n) is 16.8. The number of nitrogens with one attached hydrogen (secondary N) is 1. The molecule has 11 heteroatoms. The summed E-state index contributed by atoms with van der Waals surface area (Å²) in [5.74, 6) is -3.02. The van der Waals surface area contributed by atoms with Crippen LogP contribution in [-0.4, -0.2) is 78.9 Å². The van der Waals surface area contributed by atoms with E-state index in [1.54, 1.807) is 25.4 Å². The topological polar surface area (TPSA) is 93.1 Å². The lowest BCUT2D eigenvalue weighted by atomic mass is 10.0. The molecule has 0 spiro atoms. The zero-order valence-corrected chi connectivity index (χ0v) is 17.6. The largest absolute Gasteiger partial charge is 0.463 e. The molecule has 0 amide bonds. The van der Waals surface area contributed by atoms with E-state index in [4.69, 9.17) is 9.47 Å². The fourth-order valence-electron chi connectivity index (χ4n) is 3.60. The van der Waals surface area contributed by atoms with Crippen molar-refractivity contribution in [2.45, 2.75) is 38.3 Å². The average molecular weight is 442 g/mol. The van der Waals surface area contributed by atoms with E-state index in [1.165, 1.54) is 16.2 Å². The van der Waals surface area contributed by atoms with Gasteiger partial charge in [0.15, 0.2) is 10.8 Å². The summed E-state index contributed by atoms with van der Waals surface area (Å²) in [5.41, 5.74) is 0.754. The van der Waals surface area contributed by atoms with Gasteiger partial charge in [-0.25, -0.2) is 18.6 Å².